The predicted molar refractivity (Wildman–Crippen MR) is 67.8 cm³/mol. The van der Waals surface area contributed by atoms with Crippen molar-refractivity contribution in [2.24, 2.45) is 5.92 Å². The summed E-state index contributed by atoms with van der Waals surface area (Å²) in [6, 6.07) is 4.47. The SMILES string of the molecule is N#Cc1cc(F)c(F)cc1N1CCC2CNC(C2)C1. The molecule has 5 heteroatoms. The topological polar surface area (TPSA) is 39.1 Å². The molecule has 0 spiro atoms. The highest BCUT2D eigenvalue weighted by Gasteiger charge is 2.30. The molecule has 2 saturated heterocycles. The van der Waals surface area contributed by atoms with E-state index in [1.54, 1.807) is 0 Å². The zero-order valence-corrected chi connectivity index (χ0v) is 10.5. The zero-order chi connectivity index (χ0) is 13.4. The number of halogens is 2. The molecule has 19 heavy (non-hydrogen) atoms. The molecule has 2 aliphatic rings. The Morgan fingerprint density at radius 2 is 2.11 bits per heavy atom. The molecule has 0 radical (unpaired) electrons. The molecule has 2 atom stereocenters. The van der Waals surface area contributed by atoms with Gasteiger partial charge in [0.05, 0.1) is 11.3 Å². The van der Waals surface area contributed by atoms with Crippen LogP contribution in [-0.2, 0) is 0 Å². The molecule has 2 fully saturated rings. The molecule has 0 saturated carbocycles. The molecule has 2 heterocycles. The Hall–Kier alpha value is -1.67. The maximum absolute atomic E-state index is 13.4. The average molecular weight is 263 g/mol. The van der Waals surface area contributed by atoms with Crippen molar-refractivity contribution in [2.45, 2.75) is 18.9 Å². The first-order valence-electron chi connectivity index (χ1n) is 6.55. The molecule has 0 aliphatic carbocycles. The average Bonchev–Trinajstić information content (AvgIpc) is 2.72. The van der Waals surface area contributed by atoms with E-state index in [2.05, 4.69) is 5.32 Å². The van der Waals surface area contributed by atoms with Gasteiger partial charge in [0.1, 0.15) is 6.07 Å². The van der Waals surface area contributed by atoms with Crippen molar-refractivity contribution in [1.82, 2.24) is 5.32 Å². The van der Waals surface area contributed by atoms with Crippen LogP contribution in [0.25, 0.3) is 0 Å². The summed E-state index contributed by atoms with van der Waals surface area (Å²) in [5, 5.41) is 12.5. The zero-order valence-electron chi connectivity index (χ0n) is 10.5. The van der Waals surface area contributed by atoms with Gasteiger partial charge in [0, 0.05) is 25.2 Å². The first-order valence-corrected chi connectivity index (χ1v) is 6.55. The van der Waals surface area contributed by atoms with E-state index in [1.165, 1.54) is 0 Å². The van der Waals surface area contributed by atoms with Gasteiger partial charge >= 0.3 is 0 Å². The van der Waals surface area contributed by atoms with Crippen molar-refractivity contribution in [3.63, 3.8) is 0 Å². The van der Waals surface area contributed by atoms with E-state index in [-0.39, 0.29) is 5.56 Å². The van der Waals surface area contributed by atoms with Crippen LogP contribution in [0.3, 0.4) is 0 Å². The lowest BCUT2D eigenvalue weighted by molar-refractivity contribution is 0.506. The van der Waals surface area contributed by atoms with Gasteiger partial charge in [-0.1, -0.05) is 0 Å². The second kappa shape index (κ2) is 4.78. The highest BCUT2D eigenvalue weighted by atomic mass is 19.2. The quantitative estimate of drug-likeness (QED) is 0.842. The minimum absolute atomic E-state index is 0.205. The van der Waals surface area contributed by atoms with E-state index in [9.17, 15) is 8.78 Å². The second-order valence-corrected chi connectivity index (χ2v) is 5.34. The van der Waals surface area contributed by atoms with Gasteiger partial charge < -0.3 is 10.2 Å². The van der Waals surface area contributed by atoms with Crippen molar-refractivity contribution in [3.05, 3.63) is 29.3 Å². The van der Waals surface area contributed by atoms with Gasteiger partial charge in [-0.2, -0.15) is 5.26 Å². The standard InChI is InChI=1S/C14H15F2N3/c15-12-4-10(6-17)14(5-13(12)16)19-2-1-9-3-11(8-19)18-7-9/h4-5,9,11,18H,1-3,7-8H2. The van der Waals surface area contributed by atoms with E-state index < -0.39 is 11.6 Å². The summed E-state index contributed by atoms with van der Waals surface area (Å²) in [7, 11) is 0. The van der Waals surface area contributed by atoms with Gasteiger partial charge in [-0.3, -0.25) is 0 Å². The molecule has 1 aromatic rings. The predicted octanol–water partition coefficient (Wildman–Crippen LogP) is 2.02. The minimum atomic E-state index is -0.963. The Bertz CT molecular complexity index is 538. The summed E-state index contributed by atoms with van der Waals surface area (Å²) in [6.45, 7) is 2.58. The fourth-order valence-corrected chi connectivity index (χ4v) is 3.06. The number of hydrogen-bond acceptors (Lipinski definition) is 3. The molecule has 1 aromatic carbocycles. The maximum Gasteiger partial charge on any atom is 0.160 e. The van der Waals surface area contributed by atoms with Crippen LogP contribution in [0.15, 0.2) is 12.1 Å². The number of rotatable bonds is 1. The third kappa shape index (κ3) is 2.28. The molecule has 100 valence electrons. The van der Waals surface area contributed by atoms with E-state index in [1.807, 2.05) is 11.0 Å². The third-order valence-corrected chi connectivity index (χ3v) is 4.06. The Morgan fingerprint density at radius 3 is 2.89 bits per heavy atom. The normalized spacial score (nSPS) is 26.1. The van der Waals surface area contributed by atoms with E-state index in [0.29, 0.717) is 17.6 Å². The highest BCUT2D eigenvalue weighted by Crippen LogP contribution is 2.29. The first-order chi connectivity index (χ1) is 9.17. The fraction of sp³-hybridized carbons (Fsp3) is 0.500. The van der Waals surface area contributed by atoms with E-state index >= 15 is 0 Å². The molecule has 0 amide bonds. The van der Waals surface area contributed by atoms with E-state index in [0.717, 1.165) is 44.6 Å². The molecule has 1 N–H and O–H groups in total. The number of benzene rings is 1. The minimum Gasteiger partial charge on any atom is -0.369 e. The van der Waals surface area contributed by atoms with Crippen LogP contribution in [0, 0.1) is 28.9 Å². The van der Waals surface area contributed by atoms with Crippen LogP contribution in [0.2, 0.25) is 0 Å². The molecule has 0 aromatic heterocycles. The molecular weight excluding hydrogens is 248 g/mol. The lowest BCUT2D eigenvalue weighted by Crippen LogP contribution is -2.39. The first kappa shape index (κ1) is 12.4. The van der Waals surface area contributed by atoms with Gasteiger partial charge in [-0.15, -0.1) is 0 Å². The van der Waals surface area contributed by atoms with Crippen LogP contribution in [0.4, 0.5) is 14.5 Å². The van der Waals surface area contributed by atoms with Crippen LogP contribution in [0.5, 0.6) is 0 Å². The summed E-state index contributed by atoms with van der Waals surface area (Å²) in [5.41, 5.74) is 0.715. The van der Waals surface area contributed by atoms with Gasteiger partial charge in [0.2, 0.25) is 0 Å². The second-order valence-electron chi connectivity index (χ2n) is 5.34. The Morgan fingerprint density at radius 1 is 1.32 bits per heavy atom. The van der Waals surface area contributed by atoms with Crippen molar-refractivity contribution in [1.29, 1.82) is 5.26 Å². The van der Waals surface area contributed by atoms with Crippen molar-refractivity contribution in [2.75, 3.05) is 24.5 Å². The van der Waals surface area contributed by atoms with Gasteiger partial charge in [0.15, 0.2) is 11.6 Å². The summed E-state index contributed by atoms with van der Waals surface area (Å²) < 4.78 is 26.6. The molecule has 3 rings (SSSR count). The third-order valence-electron chi connectivity index (χ3n) is 4.06. The Labute approximate surface area is 110 Å². The van der Waals surface area contributed by atoms with E-state index in [4.69, 9.17) is 5.26 Å². The van der Waals surface area contributed by atoms with Crippen molar-refractivity contribution >= 4 is 5.69 Å². The molecule has 2 bridgehead atoms. The molecule has 2 unspecified atom stereocenters. The number of nitrogens with one attached hydrogen (secondary N) is 1. The summed E-state index contributed by atoms with van der Waals surface area (Å²) in [6.07, 6.45) is 2.15. The smallest absolute Gasteiger partial charge is 0.160 e. The monoisotopic (exact) mass is 263 g/mol. The van der Waals surface area contributed by atoms with Crippen LogP contribution < -0.4 is 10.2 Å². The summed E-state index contributed by atoms with van der Waals surface area (Å²) in [5.74, 6) is -1.20. The summed E-state index contributed by atoms with van der Waals surface area (Å²) >= 11 is 0. The Kier molecular flexibility index (Phi) is 3.11. The number of anilines is 1. The van der Waals surface area contributed by atoms with Crippen molar-refractivity contribution in [3.8, 4) is 6.07 Å². The highest BCUT2D eigenvalue weighted by molar-refractivity contribution is 5.60. The number of hydrogen-bond donors (Lipinski definition) is 1. The lowest BCUT2D eigenvalue weighted by atomic mass is 10.0. The number of nitrogens with zero attached hydrogens (tertiary/aromatic N) is 2. The van der Waals surface area contributed by atoms with Gasteiger partial charge in [0.25, 0.3) is 0 Å². The maximum atomic E-state index is 13.4. The van der Waals surface area contributed by atoms with Gasteiger partial charge in [-0.25, -0.2) is 8.78 Å². The molecule has 3 nitrogen and oxygen atoms in total. The van der Waals surface area contributed by atoms with Crippen LogP contribution in [-0.4, -0.2) is 25.7 Å². The van der Waals surface area contributed by atoms with Gasteiger partial charge in [-0.05, 0) is 31.4 Å². The Balaban J connectivity index is 1.93. The number of nitriles is 1. The summed E-state index contributed by atoms with van der Waals surface area (Å²) in [4.78, 5) is 2.00. The van der Waals surface area contributed by atoms with Crippen LogP contribution >= 0.6 is 0 Å². The molecule has 2 aliphatic heterocycles. The molecular formula is C14H15F2N3. The van der Waals surface area contributed by atoms with Crippen LogP contribution in [0.1, 0.15) is 18.4 Å². The largest absolute Gasteiger partial charge is 0.369 e. The fourth-order valence-electron chi connectivity index (χ4n) is 3.06. The lowest BCUT2D eigenvalue weighted by Gasteiger charge is -2.28. The van der Waals surface area contributed by atoms with Crippen molar-refractivity contribution < 1.29 is 8.78 Å². The number of fused-ring (bicyclic) bond motifs is 2.